The first-order chi connectivity index (χ1) is 10.1. The van der Waals surface area contributed by atoms with Crippen LogP contribution < -0.4 is 5.32 Å². The number of nitrogens with one attached hydrogen (secondary N) is 1. The number of hydrogen-bond acceptors (Lipinski definition) is 1. The lowest BCUT2D eigenvalue weighted by atomic mass is 9.91. The van der Waals surface area contributed by atoms with Crippen molar-refractivity contribution in [2.24, 2.45) is 0 Å². The normalized spacial score (nSPS) is 12.4. The summed E-state index contributed by atoms with van der Waals surface area (Å²) in [6, 6.07) is 13.4. The van der Waals surface area contributed by atoms with E-state index in [4.69, 9.17) is 0 Å². The second-order valence-corrected chi connectivity index (χ2v) is 6.90. The van der Waals surface area contributed by atoms with E-state index in [0.717, 1.165) is 21.8 Å². The number of rotatable bonds is 5. The van der Waals surface area contributed by atoms with Crippen LogP contribution in [-0.4, -0.2) is 7.05 Å². The molecule has 0 heterocycles. The Labute approximate surface area is 144 Å². The van der Waals surface area contributed by atoms with Crippen LogP contribution in [0.5, 0.6) is 0 Å². The maximum Gasteiger partial charge on any atom is 0.0588 e. The molecule has 0 aliphatic carbocycles. The third-order valence-electron chi connectivity index (χ3n) is 3.87. The molecule has 0 fully saturated rings. The SMILES string of the molecule is CCc1ccc(CC)c(C(NC)c2ccc(Br)cc2Br)c1. The fraction of sp³-hybridized carbons (Fsp3) is 0.333. The molecule has 1 atom stereocenters. The summed E-state index contributed by atoms with van der Waals surface area (Å²) in [6.07, 6.45) is 2.11. The molecule has 112 valence electrons. The third-order valence-corrected chi connectivity index (χ3v) is 5.05. The van der Waals surface area contributed by atoms with E-state index >= 15 is 0 Å². The van der Waals surface area contributed by atoms with Crippen molar-refractivity contribution in [3.05, 3.63) is 67.6 Å². The number of halogens is 2. The van der Waals surface area contributed by atoms with Gasteiger partial charge in [0.1, 0.15) is 0 Å². The molecule has 1 unspecified atom stereocenters. The Morgan fingerprint density at radius 3 is 2.29 bits per heavy atom. The topological polar surface area (TPSA) is 12.0 Å². The van der Waals surface area contributed by atoms with Gasteiger partial charge in [-0.15, -0.1) is 0 Å². The molecule has 2 rings (SSSR count). The predicted octanol–water partition coefficient (Wildman–Crippen LogP) is 5.65. The summed E-state index contributed by atoms with van der Waals surface area (Å²) in [6.45, 7) is 4.42. The monoisotopic (exact) mass is 409 g/mol. The van der Waals surface area contributed by atoms with E-state index in [1.165, 1.54) is 22.3 Å². The van der Waals surface area contributed by atoms with Gasteiger partial charge in [0.15, 0.2) is 0 Å². The van der Waals surface area contributed by atoms with Crippen molar-refractivity contribution in [2.75, 3.05) is 7.05 Å². The minimum atomic E-state index is 0.203. The largest absolute Gasteiger partial charge is 0.309 e. The van der Waals surface area contributed by atoms with Gasteiger partial charge >= 0.3 is 0 Å². The van der Waals surface area contributed by atoms with Crippen LogP contribution in [-0.2, 0) is 12.8 Å². The van der Waals surface area contributed by atoms with Gasteiger partial charge < -0.3 is 5.32 Å². The molecule has 0 aromatic heterocycles. The second kappa shape index (κ2) is 7.57. The van der Waals surface area contributed by atoms with Gasteiger partial charge in [-0.2, -0.15) is 0 Å². The van der Waals surface area contributed by atoms with Crippen molar-refractivity contribution in [3.8, 4) is 0 Å². The Hall–Kier alpha value is -0.640. The van der Waals surface area contributed by atoms with E-state index in [0.29, 0.717) is 0 Å². The van der Waals surface area contributed by atoms with Crippen molar-refractivity contribution >= 4 is 31.9 Å². The van der Waals surface area contributed by atoms with Gasteiger partial charge in [-0.25, -0.2) is 0 Å². The van der Waals surface area contributed by atoms with Gasteiger partial charge in [0.05, 0.1) is 6.04 Å². The fourth-order valence-electron chi connectivity index (χ4n) is 2.67. The summed E-state index contributed by atoms with van der Waals surface area (Å²) in [5, 5.41) is 3.48. The highest BCUT2D eigenvalue weighted by atomic mass is 79.9. The molecule has 0 saturated heterocycles. The van der Waals surface area contributed by atoms with Crippen molar-refractivity contribution in [1.29, 1.82) is 0 Å². The molecule has 3 heteroatoms. The molecule has 1 nitrogen and oxygen atoms in total. The van der Waals surface area contributed by atoms with Crippen LogP contribution in [0.25, 0.3) is 0 Å². The fourth-order valence-corrected chi connectivity index (χ4v) is 3.95. The van der Waals surface area contributed by atoms with Crippen LogP contribution in [0.1, 0.15) is 42.1 Å². The van der Waals surface area contributed by atoms with Crippen LogP contribution in [0.4, 0.5) is 0 Å². The minimum Gasteiger partial charge on any atom is -0.309 e. The standard InChI is InChI=1S/C18H21Br2N/c1-4-12-6-7-13(5-2)16(10-12)18(21-3)15-9-8-14(19)11-17(15)20/h6-11,18,21H,4-5H2,1-3H3. The predicted molar refractivity (Wildman–Crippen MR) is 97.9 cm³/mol. The maximum absolute atomic E-state index is 3.70. The number of aryl methyl sites for hydroxylation is 2. The Morgan fingerprint density at radius 1 is 0.952 bits per heavy atom. The van der Waals surface area contributed by atoms with Crippen molar-refractivity contribution < 1.29 is 0 Å². The smallest absolute Gasteiger partial charge is 0.0588 e. The summed E-state index contributed by atoms with van der Waals surface area (Å²) in [4.78, 5) is 0. The molecule has 0 aliphatic rings. The van der Waals surface area contributed by atoms with Crippen molar-refractivity contribution in [1.82, 2.24) is 5.32 Å². The van der Waals surface area contributed by atoms with Crippen LogP contribution in [0, 0.1) is 0 Å². The Kier molecular flexibility index (Phi) is 6.03. The summed E-state index contributed by atoms with van der Waals surface area (Å²) in [5.41, 5.74) is 5.43. The summed E-state index contributed by atoms with van der Waals surface area (Å²) in [7, 11) is 2.03. The highest BCUT2D eigenvalue weighted by molar-refractivity contribution is 9.11. The molecule has 21 heavy (non-hydrogen) atoms. The van der Waals surface area contributed by atoms with E-state index in [1.807, 2.05) is 7.05 Å². The summed E-state index contributed by atoms with van der Waals surface area (Å²) < 4.78 is 2.21. The average molecular weight is 411 g/mol. The number of benzene rings is 2. The van der Waals surface area contributed by atoms with Gasteiger partial charge in [0, 0.05) is 8.95 Å². The second-order valence-electron chi connectivity index (χ2n) is 5.13. The molecule has 0 radical (unpaired) electrons. The highest BCUT2D eigenvalue weighted by Gasteiger charge is 2.18. The Bertz CT molecular complexity index is 623. The first kappa shape index (κ1) is 16.7. The molecular weight excluding hydrogens is 390 g/mol. The minimum absolute atomic E-state index is 0.203. The van der Waals surface area contributed by atoms with Crippen molar-refractivity contribution in [2.45, 2.75) is 32.7 Å². The zero-order valence-corrected chi connectivity index (χ0v) is 15.9. The molecule has 0 bridgehead atoms. The van der Waals surface area contributed by atoms with Gasteiger partial charge in [-0.05, 0) is 54.3 Å². The highest BCUT2D eigenvalue weighted by Crippen LogP contribution is 2.33. The van der Waals surface area contributed by atoms with E-state index in [2.05, 4.69) is 87.4 Å². The van der Waals surface area contributed by atoms with Gasteiger partial charge in [-0.1, -0.05) is 70.0 Å². The quantitative estimate of drug-likeness (QED) is 0.671. The zero-order valence-electron chi connectivity index (χ0n) is 12.7. The van der Waals surface area contributed by atoms with Crippen LogP contribution in [0.3, 0.4) is 0 Å². The molecular formula is C18H21Br2N. The molecule has 2 aromatic rings. The first-order valence-electron chi connectivity index (χ1n) is 7.34. The third kappa shape index (κ3) is 3.77. The van der Waals surface area contributed by atoms with Crippen LogP contribution >= 0.6 is 31.9 Å². The molecule has 0 saturated carbocycles. The van der Waals surface area contributed by atoms with E-state index < -0.39 is 0 Å². The zero-order chi connectivity index (χ0) is 15.4. The van der Waals surface area contributed by atoms with Gasteiger partial charge in [0.2, 0.25) is 0 Å². The molecule has 0 spiro atoms. The average Bonchev–Trinajstić information content (AvgIpc) is 2.49. The van der Waals surface area contributed by atoms with Crippen LogP contribution in [0.2, 0.25) is 0 Å². The molecule has 0 amide bonds. The first-order valence-corrected chi connectivity index (χ1v) is 8.93. The van der Waals surface area contributed by atoms with E-state index in [9.17, 15) is 0 Å². The molecule has 0 aliphatic heterocycles. The molecule has 2 aromatic carbocycles. The number of hydrogen-bond donors (Lipinski definition) is 1. The lowest BCUT2D eigenvalue weighted by molar-refractivity contribution is 0.680. The lowest BCUT2D eigenvalue weighted by Gasteiger charge is -2.22. The summed E-state index contributed by atoms with van der Waals surface area (Å²) >= 11 is 7.22. The van der Waals surface area contributed by atoms with Crippen LogP contribution in [0.15, 0.2) is 45.3 Å². The van der Waals surface area contributed by atoms with Crippen molar-refractivity contribution in [3.63, 3.8) is 0 Å². The van der Waals surface area contributed by atoms with Gasteiger partial charge in [0.25, 0.3) is 0 Å². The summed E-state index contributed by atoms with van der Waals surface area (Å²) in [5.74, 6) is 0. The van der Waals surface area contributed by atoms with Gasteiger partial charge in [-0.3, -0.25) is 0 Å². The molecule has 1 N–H and O–H groups in total. The van der Waals surface area contributed by atoms with E-state index in [-0.39, 0.29) is 6.04 Å². The maximum atomic E-state index is 3.70. The van der Waals surface area contributed by atoms with E-state index in [1.54, 1.807) is 0 Å². The Balaban J connectivity index is 2.54. The Morgan fingerprint density at radius 2 is 1.71 bits per heavy atom. The lowest BCUT2D eigenvalue weighted by Crippen LogP contribution is -2.20.